The molecule has 2 aliphatic heterocycles. The predicted molar refractivity (Wildman–Crippen MR) is 107 cm³/mol. The van der Waals surface area contributed by atoms with Crippen LogP contribution in [-0.2, 0) is 14.3 Å². The molecule has 0 saturated carbocycles. The fourth-order valence-electron chi connectivity index (χ4n) is 4.04. The maximum Gasteiger partial charge on any atom is 0.226 e. The molecule has 1 aromatic heterocycles. The summed E-state index contributed by atoms with van der Waals surface area (Å²) >= 11 is 0. The lowest BCUT2D eigenvalue weighted by molar-refractivity contribution is -0.140. The minimum Gasteiger partial charge on any atom is -0.376 e. The lowest BCUT2D eigenvalue weighted by atomic mass is 9.95. The van der Waals surface area contributed by atoms with E-state index in [-0.39, 0.29) is 17.9 Å². The number of piperidine rings is 1. The summed E-state index contributed by atoms with van der Waals surface area (Å²) in [6.45, 7) is 6.02. The maximum absolute atomic E-state index is 12.8. The molecule has 1 amide bonds. The number of carbonyl (C=O) groups excluding carboxylic acids is 1. The number of likely N-dealkylation sites (N-methyl/N-ethyl adjacent to an activating group) is 1. The van der Waals surface area contributed by atoms with Crippen LogP contribution in [0.3, 0.4) is 0 Å². The quantitative estimate of drug-likeness (QED) is 0.804. The van der Waals surface area contributed by atoms with Gasteiger partial charge in [-0.15, -0.1) is 0 Å². The summed E-state index contributed by atoms with van der Waals surface area (Å²) in [6, 6.07) is 8.09. The molecular weight excluding hydrogens is 356 g/mol. The topological polar surface area (TPSA) is 67.8 Å². The molecule has 2 saturated heterocycles. The molecule has 0 aliphatic carbocycles. The minimum absolute atomic E-state index is 0.0169. The van der Waals surface area contributed by atoms with Crippen molar-refractivity contribution in [3.05, 3.63) is 30.0 Å². The molecule has 4 rings (SSSR count). The Morgan fingerprint density at radius 3 is 2.75 bits per heavy atom. The van der Waals surface area contributed by atoms with Gasteiger partial charge in [-0.3, -0.25) is 4.79 Å². The van der Waals surface area contributed by atoms with E-state index in [1.54, 1.807) is 4.90 Å². The monoisotopic (exact) mass is 384 g/mol. The van der Waals surface area contributed by atoms with Crippen LogP contribution in [0.1, 0.15) is 18.5 Å². The molecule has 2 fully saturated rings. The molecular formula is C21H28N4O3. The van der Waals surface area contributed by atoms with Crippen molar-refractivity contribution in [2.45, 2.75) is 25.9 Å². The zero-order valence-electron chi connectivity index (χ0n) is 16.6. The summed E-state index contributed by atoms with van der Waals surface area (Å²) in [5.74, 6) is 1.01. The Morgan fingerprint density at radius 2 is 2.00 bits per heavy atom. The second-order valence-corrected chi connectivity index (χ2v) is 7.67. The van der Waals surface area contributed by atoms with Crippen LogP contribution in [0, 0.1) is 12.8 Å². The predicted octanol–water partition coefficient (Wildman–Crippen LogP) is 2.03. The highest BCUT2D eigenvalue weighted by Crippen LogP contribution is 2.25. The average Bonchev–Trinajstić information content (AvgIpc) is 2.74. The van der Waals surface area contributed by atoms with Crippen molar-refractivity contribution in [1.82, 2.24) is 14.9 Å². The number of amides is 1. The molecule has 2 aliphatic rings. The van der Waals surface area contributed by atoms with Crippen LogP contribution in [0.15, 0.2) is 24.3 Å². The number of hydrogen-bond donors (Lipinski definition) is 0. The molecule has 0 spiro atoms. The van der Waals surface area contributed by atoms with E-state index in [1.165, 1.54) is 0 Å². The van der Waals surface area contributed by atoms with E-state index < -0.39 is 0 Å². The number of aryl methyl sites for hydroxylation is 1. The zero-order chi connectivity index (χ0) is 19.5. The normalized spacial score (nSPS) is 21.1. The second kappa shape index (κ2) is 8.41. The molecule has 7 heteroatoms. The molecule has 0 N–H and O–H groups in total. The first kappa shape index (κ1) is 19.1. The number of ether oxygens (including phenoxy) is 2. The Kier molecular flexibility index (Phi) is 5.73. The molecule has 0 bridgehead atoms. The number of para-hydroxylation sites is 1. The van der Waals surface area contributed by atoms with Crippen LogP contribution in [-0.4, -0.2) is 73.4 Å². The van der Waals surface area contributed by atoms with Gasteiger partial charge in [-0.05, 0) is 25.8 Å². The van der Waals surface area contributed by atoms with Crippen molar-refractivity contribution in [2.75, 3.05) is 51.4 Å². The molecule has 1 aromatic carbocycles. The van der Waals surface area contributed by atoms with E-state index in [0.717, 1.165) is 48.5 Å². The van der Waals surface area contributed by atoms with Crippen molar-refractivity contribution >= 4 is 22.8 Å². The summed E-state index contributed by atoms with van der Waals surface area (Å²) in [6.07, 6.45) is 1.62. The van der Waals surface area contributed by atoms with Crippen LogP contribution in [0.25, 0.3) is 10.9 Å². The SMILES string of the molecule is Cc1nc(N2CCC(C(=O)N(C)C[C@@H]3COCCO3)CC2)nc2ccccc12. The zero-order valence-corrected chi connectivity index (χ0v) is 16.6. The van der Waals surface area contributed by atoms with Crippen molar-refractivity contribution < 1.29 is 14.3 Å². The van der Waals surface area contributed by atoms with Gasteiger partial charge in [0.15, 0.2) is 0 Å². The third-order valence-electron chi connectivity index (χ3n) is 5.65. The first-order chi connectivity index (χ1) is 13.6. The van der Waals surface area contributed by atoms with E-state index >= 15 is 0 Å². The fraction of sp³-hybridized carbons (Fsp3) is 0.571. The molecule has 3 heterocycles. The number of hydrogen-bond acceptors (Lipinski definition) is 6. The number of nitrogens with zero attached hydrogens (tertiary/aromatic N) is 4. The summed E-state index contributed by atoms with van der Waals surface area (Å²) in [7, 11) is 1.86. The van der Waals surface area contributed by atoms with Crippen LogP contribution >= 0.6 is 0 Å². The van der Waals surface area contributed by atoms with Gasteiger partial charge in [0.1, 0.15) is 0 Å². The van der Waals surface area contributed by atoms with Crippen LogP contribution in [0.2, 0.25) is 0 Å². The molecule has 2 aromatic rings. The number of aromatic nitrogens is 2. The molecule has 7 nitrogen and oxygen atoms in total. The third kappa shape index (κ3) is 4.10. The first-order valence-electron chi connectivity index (χ1n) is 10.0. The summed E-state index contributed by atoms with van der Waals surface area (Å²) in [5, 5.41) is 1.09. The highest BCUT2D eigenvalue weighted by Gasteiger charge is 2.29. The van der Waals surface area contributed by atoms with Crippen LogP contribution in [0.4, 0.5) is 5.95 Å². The lowest BCUT2D eigenvalue weighted by Crippen LogP contribution is -2.45. The Balaban J connectivity index is 1.35. The van der Waals surface area contributed by atoms with E-state index in [9.17, 15) is 4.79 Å². The standard InChI is InChI=1S/C21H28N4O3/c1-15-18-5-3-4-6-19(18)23-21(22-15)25-9-7-16(8-10-25)20(26)24(2)13-17-14-27-11-12-28-17/h3-6,16-17H,7-14H2,1-2H3/t17-/m1/s1. The Labute approximate surface area is 165 Å². The summed E-state index contributed by atoms with van der Waals surface area (Å²) < 4.78 is 11.1. The van der Waals surface area contributed by atoms with Gasteiger partial charge in [0.2, 0.25) is 11.9 Å². The summed E-state index contributed by atoms with van der Waals surface area (Å²) in [5.41, 5.74) is 1.96. The molecule has 150 valence electrons. The minimum atomic E-state index is -0.0169. The number of anilines is 1. The van der Waals surface area contributed by atoms with Gasteiger partial charge in [0, 0.05) is 38.0 Å². The molecule has 28 heavy (non-hydrogen) atoms. The second-order valence-electron chi connectivity index (χ2n) is 7.67. The van der Waals surface area contributed by atoms with Gasteiger partial charge in [-0.25, -0.2) is 9.97 Å². The summed E-state index contributed by atoms with van der Waals surface area (Å²) in [4.78, 5) is 26.2. The average molecular weight is 384 g/mol. The number of fused-ring (bicyclic) bond motifs is 1. The van der Waals surface area contributed by atoms with Crippen molar-refractivity contribution in [1.29, 1.82) is 0 Å². The van der Waals surface area contributed by atoms with Crippen molar-refractivity contribution in [3.63, 3.8) is 0 Å². The Morgan fingerprint density at radius 1 is 1.21 bits per heavy atom. The smallest absolute Gasteiger partial charge is 0.226 e. The lowest BCUT2D eigenvalue weighted by Gasteiger charge is -2.34. The van der Waals surface area contributed by atoms with E-state index in [4.69, 9.17) is 19.4 Å². The highest BCUT2D eigenvalue weighted by molar-refractivity contribution is 5.82. The van der Waals surface area contributed by atoms with Crippen molar-refractivity contribution in [2.24, 2.45) is 5.92 Å². The van der Waals surface area contributed by atoms with Gasteiger partial charge < -0.3 is 19.3 Å². The third-order valence-corrected chi connectivity index (χ3v) is 5.65. The number of carbonyl (C=O) groups is 1. The van der Waals surface area contributed by atoms with Crippen LogP contribution in [0.5, 0.6) is 0 Å². The molecule has 0 radical (unpaired) electrons. The fourth-order valence-corrected chi connectivity index (χ4v) is 4.04. The first-order valence-corrected chi connectivity index (χ1v) is 10.0. The highest BCUT2D eigenvalue weighted by atomic mass is 16.6. The van der Waals surface area contributed by atoms with Gasteiger partial charge in [0.25, 0.3) is 0 Å². The molecule has 0 unspecified atom stereocenters. The number of benzene rings is 1. The van der Waals surface area contributed by atoms with Crippen molar-refractivity contribution in [3.8, 4) is 0 Å². The van der Waals surface area contributed by atoms with Gasteiger partial charge in [-0.2, -0.15) is 0 Å². The largest absolute Gasteiger partial charge is 0.376 e. The Bertz CT molecular complexity index is 830. The van der Waals surface area contributed by atoms with Gasteiger partial charge >= 0.3 is 0 Å². The van der Waals surface area contributed by atoms with Crippen LogP contribution < -0.4 is 4.90 Å². The van der Waals surface area contributed by atoms with Gasteiger partial charge in [0.05, 0.1) is 37.1 Å². The Hall–Kier alpha value is -2.25. The van der Waals surface area contributed by atoms with Gasteiger partial charge in [-0.1, -0.05) is 18.2 Å². The van der Waals surface area contributed by atoms with E-state index in [2.05, 4.69) is 11.0 Å². The molecule has 1 atom stereocenters. The number of rotatable bonds is 4. The maximum atomic E-state index is 12.8. The van der Waals surface area contributed by atoms with E-state index in [1.807, 2.05) is 32.2 Å². The van der Waals surface area contributed by atoms with E-state index in [0.29, 0.717) is 26.4 Å².